The summed E-state index contributed by atoms with van der Waals surface area (Å²) in [5.74, 6) is 1.75. The second kappa shape index (κ2) is 13.4. The van der Waals surface area contributed by atoms with Gasteiger partial charge in [-0.15, -0.1) is 0 Å². The van der Waals surface area contributed by atoms with Crippen LogP contribution in [0.3, 0.4) is 0 Å². The highest BCUT2D eigenvalue weighted by atomic mass is 16.5. The van der Waals surface area contributed by atoms with Gasteiger partial charge in [0.1, 0.15) is 22.7 Å². The van der Waals surface area contributed by atoms with E-state index in [4.69, 9.17) is 9.15 Å². The van der Waals surface area contributed by atoms with Crippen LogP contribution in [0.4, 0.5) is 34.1 Å². The van der Waals surface area contributed by atoms with E-state index in [1.807, 2.05) is 0 Å². The molecule has 0 aliphatic carbocycles. The van der Waals surface area contributed by atoms with Crippen LogP contribution >= 0.6 is 0 Å². The third-order valence-electron chi connectivity index (χ3n) is 11.9. The molecule has 0 bridgehead atoms. The zero-order chi connectivity index (χ0) is 38.9. The normalized spacial score (nSPS) is 12.5. The second-order valence-electron chi connectivity index (χ2n) is 15.3. The lowest BCUT2D eigenvalue weighted by molar-refractivity contribution is 0.488. The summed E-state index contributed by atoms with van der Waals surface area (Å²) < 4.78 is 13.7. The van der Waals surface area contributed by atoms with Crippen molar-refractivity contribution in [3.8, 4) is 33.8 Å². The van der Waals surface area contributed by atoms with Crippen molar-refractivity contribution in [2.45, 2.75) is 0 Å². The summed E-state index contributed by atoms with van der Waals surface area (Å²) in [6.45, 7) is -0.0152. The van der Waals surface area contributed by atoms with Crippen LogP contribution in [0, 0.1) is 0 Å². The summed E-state index contributed by atoms with van der Waals surface area (Å²) in [7, 11) is 0. The third kappa shape index (κ3) is 5.47. The van der Waals surface area contributed by atoms with Crippen molar-refractivity contribution >= 4 is 79.2 Å². The minimum atomic E-state index is -0.0152. The lowest BCUT2D eigenvalue weighted by Crippen LogP contribution is -2.59. The Balaban J connectivity index is 1.01. The minimum absolute atomic E-state index is 0.0152. The average molecular weight is 755 g/mol. The first kappa shape index (κ1) is 33.4. The van der Waals surface area contributed by atoms with E-state index in [1.165, 1.54) is 27.7 Å². The van der Waals surface area contributed by atoms with Crippen molar-refractivity contribution in [2.24, 2.45) is 0 Å². The van der Waals surface area contributed by atoms with Gasteiger partial charge in [-0.3, -0.25) is 0 Å². The number of hydrogen-bond acceptors (Lipinski definition) is 4. The maximum atomic E-state index is 6.88. The molecule has 0 atom stereocenters. The predicted molar refractivity (Wildman–Crippen MR) is 245 cm³/mol. The van der Waals surface area contributed by atoms with Crippen molar-refractivity contribution in [1.82, 2.24) is 0 Å². The summed E-state index contributed by atoms with van der Waals surface area (Å²) >= 11 is 0. The van der Waals surface area contributed by atoms with Crippen LogP contribution in [0.2, 0.25) is 0 Å². The number of rotatable bonds is 6. The molecule has 59 heavy (non-hydrogen) atoms. The Labute approximate surface area is 342 Å². The molecular weight excluding hydrogens is 719 g/mol. The van der Waals surface area contributed by atoms with Crippen LogP contribution in [0.5, 0.6) is 11.5 Å². The fourth-order valence-electron chi connectivity index (χ4n) is 9.24. The van der Waals surface area contributed by atoms with Crippen molar-refractivity contribution in [3.63, 3.8) is 0 Å². The van der Waals surface area contributed by atoms with Gasteiger partial charge in [0.2, 0.25) is 0 Å². The Hall–Kier alpha value is -7.76. The molecule has 0 fully saturated rings. The van der Waals surface area contributed by atoms with Gasteiger partial charge < -0.3 is 19.0 Å². The molecule has 0 radical (unpaired) electrons. The van der Waals surface area contributed by atoms with Gasteiger partial charge in [-0.25, -0.2) is 0 Å². The van der Waals surface area contributed by atoms with Gasteiger partial charge >= 0.3 is 0 Å². The molecule has 2 aliphatic heterocycles. The summed E-state index contributed by atoms with van der Waals surface area (Å²) in [6, 6.07) is 75.4. The van der Waals surface area contributed by atoms with E-state index in [2.05, 4.69) is 222 Å². The van der Waals surface area contributed by atoms with Crippen LogP contribution in [0.15, 0.2) is 217 Å². The van der Waals surface area contributed by atoms with Gasteiger partial charge in [0.15, 0.2) is 0 Å². The maximum absolute atomic E-state index is 6.88. The van der Waals surface area contributed by atoms with Gasteiger partial charge in [0.05, 0.1) is 0 Å². The molecule has 2 aliphatic rings. The monoisotopic (exact) mass is 754 g/mol. The van der Waals surface area contributed by atoms with E-state index in [1.54, 1.807) is 0 Å². The Morgan fingerprint density at radius 1 is 0.390 bits per heavy atom. The van der Waals surface area contributed by atoms with Crippen LogP contribution in [0.1, 0.15) is 0 Å². The van der Waals surface area contributed by atoms with Gasteiger partial charge in [0.25, 0.3) is 6.71 Å². The van der Waals surface area contributed by atoms with E-state index >= 15 is 0 Å². The number of ether oxygens (including phenoxy) is 1. The van der Waals surface area contributed by atoms with Crippen molar-refractivity contribution < 1.29 is 9.15 Å². The molecule has 0 N–H and O–H groups in total. The molecular formula is C54H35BN2O2. The van der Waals surface area contributed by atoms with E-state index in [0.29, 0.717) is 0 Å². The molecule has 276 valence electrons. The number of para-hydroxylation sites is 2. The SMILES string of the molecule is c1ccc(-c2cccc(N(c3cccc(-c4ccccc4)c3)c3ccc4c(c3)oc3cc5c(cc34)Oc3cccc4c3B5c3ccccc3N4c3ccccc3)c2)cc1. The third-order valence-corrected chi connectivity index (χ3v) is 11.9. The Bertz CT molecular complexity index is 3130. The highest BCUT2D eigenvalue weighted by Gasteiger charge is 2.42. The molecule has 5 heteroatoms. The molecule has 0 spiro atoms. The first-order chi connectivity index (χ1) is 29.2. The minimum Gasteiger partial charge on any atom is -0.458 e. The maximum Gasteiger partial charge on any atom is 0.256 e. The molecule has 0 unspecified atom stereocenters. The predicted octanol–water partition coefficient (Wildman–Crippen LogP) is 12.8. The van der Waals surface area contributed by atoms with Crippen LogP contribution in [0.25, 0.3) is 44.2 Å². The van der Waals surface area contributed by atoms with E-state index in [-0.39, 0.29) is 6.71 Å². The number of hydrogen-bond donors (Lipinski definition) is 0. The van der Waals surface area contributed by atoms with Crippen LogP contribution < -0.4 is 30.9 Å². The molecule has 1 aromatic heterocycles. The molecule has 9 aromatic carbocycles. The fourth-order valence-corrected chi connectivity index (χ4v) is 9.24. The van der Waals surface area contributed by atoms with E-state index in [9.17, 15) is 0 Å². The van der Waals surface area contributed by atoms with E-state index in [0.717, 1.165) is 78.5 Å². The standard InChI is InChI=1S/C54H35BN2O2/c1-4-15-36(16-5-1)38-19-12-23-41(31-38)56(42-24-13-20-39(32-42)37-17-6-2-7-18-37)43-29-30-44-45-34-53-47(35-52(45)59-51(44)33-43)55-46-25-10-11-26-48(46)57(40-21-8-3-9-22-40)49-27-14-28-50(58-53)54(49)55/h1-35H. The highest BCUT2D eigenvalue weighted by Crippen LogP contribution is 2.44. The van der Waals surface area contributed by atoms with Gasteiger partial charge in [-0.05, 0) is 118 Å². The lowest BCUT2D eigenvalue weighted by atomic mass is 9.34. The first-order valence-electron chi connectivity index (χ1n) is 20.1. The second-order valence-corrected chi connectivity index (χ2v) is 15.3. The number of nitrogens with zero attached hydrogens (tertiary/aromatic N) is 2. The van der Waals surface area contributed by atoms with Crippen molar-refractivity contribution in [3.05, 3.63) is 212 Å². The summed E-state index contributed by atoms with van der Waals surface area (Å²) in [6.07, 6.45) is 0. The highest BCUT2D eigenvalue weighted by molar-refractivity contribution is 6.99. The van der Waals surface area contributed by atoms with E-state index < -0.39 is 0 Å². The number of benzene rings is 9. The molecule has 0 amide bonds. The quantitative estimate of drug-likeness (QED) is 0.158. The van der Waals surface area contributed by atoms with Gasteiger partial charge in [0, 0.05) is 51.0 Å². The molecule has 0 saturated carbocycles. The van der Waals surface area contributed by atoms with Gasteiger partial charge in [-0.1, -0.05) is 127 Å². The molecule has 3 heterocycles. The topological polar surface area (TPSA) is 28.9 Å². The molecule has 10 aromatic rings. The lowest BCUT2D eigenvalue weighted by Gasteiger charge is -2.39. The number of anilines is 6. The Kier molecular flexibility index (Phi) is 7.60. The smallest absolute Gasteiger partial charge is 0.256 e. The number of furan rings is 1. The zero-order valence-electron chi connectivity index (χ0n) is 32.0. The molecule has 0 saturated heterocycles. The first-order valence-corrected chi connectivity index (χ1v) is 20.1. The largest absolute Gasteiger partial charge is 0.458 e. The summed E-state index contributed by atoms with van der Waals surface area (Å²) in [5.41, 5.74) is 16.4. The zero-order valence-corrected chi connectivity index (χ0v) is 32.0. The summed E-state index contributed by atoms with van der Waals surface area (Å²) in [5, 5.41) is 2.08. The number of fused-ring (bicyclic) bond motifs is 7. The molecule has 4 nitrogen and oxygen atoms in total. The van der Waals surface area contributed by atoms with Gasteiger partial charge in [-0.2, -0.15) is 0 Å². The Morgan fingerprint density at radius 2 is 0.966 bits per heavy atom. The van der Waals surface area contributed by atoms with Crippen LogP contribution in [-0.4, -0.2) is 6.71 Å². The van der Waals surface area contributed by atoms with Crippen molar-refractivity contribution in [2.75, 3.05) is 9.80 Å². The van der Waals surface area contributed by atoms with Crippen molar-refractivity contribution in [1.29, 1.82) is 0 Å². The fraction of sp³-hybridized carbons (Fsp3) is 0. The molecule has 12 rings (SSSR count). The Morgan fingerprint density at radius 3 is 1.68 bits per heavy atom. The summed E-state index contributed by atoms with van der Waals surface area (Å²) in [4.78, 5) is 4.69. The average Bonchev–Trinajstić information content (AvgIpc) is 3.66. The van der Waals surface area contributed by atoms with Crippen LogP contribution in [-0.2, 0) is 0 Å².